The first-order valence-electron chi connectivity index (χ1n) is 23.3. The van der Waals surface area contributed by atoms with Crippen LogP contribution in [0.5, 0.6) is 0 Å². The number of fused-ring (bicyclic) bond motifs is 5. The third kappa shape index (κ3) is 10.6. The molecule has 9 heteroatoms. The number of rotatable bonds is 21. The van der Waals surface area contributed by atoms with Crippen LogP contribution < -0.4 is 0 Å². The lowest BCUT2D eigenvalue weighted by Gasteiger charge is -2.60. The predicted molar refractivity (Wildman–Crippen MR) is 220 cm³/mol. The number of carbonyl (C=O) groups is 1. The van der Waals surface area contributed by atoms with Gasteiger partial charge in [0.25, 0.3) is 0 Å². The van der Waals surface area contributed by atoms with E-state index < -0.39 is 42.9 Å². The van der Waals surface area contributed by atoms with Gasteiger partial charge in [-0.15, -0.1) is 0 Å². The molecule has 0 bridgehead atoms. The molecule has 0 amide bonds. The molecule has 5 N–H and O–H groups in total. The van der Waals surface area contributed by atoms with Crippen molar-refractivity contribution in [3.05, 3.63) is 11.3 Å². The molecule has 5 rings (SSSR count). The fraction of sp³-hybridized carbons (Fsp3) is 0.936. The minimum atomic E-state index is -1.53. The smallest absolute Gasteiger partial charge is 0.305 e. The maximum Gasteiger partial charge on any atom is 0.305 e. The molecule has 4 fully saturated rings. The standard InChI is InChI=1S/C47H82O9/c1-7-8-9-10-11-12-13-14-15-16-17-21-38(48)54-29-37-41(50)43(52)44(53)45(56-37)55-32-24-26-47(6)35-25-27-46(5)33(31(4)20-18-19-30(2)3)22-23-34(46)39(35)42(51)40(49)36(47)28-32/h30-35,37,39,41-45,49-53H,7-29H2,1-6H3/t31-,32?,33-,34?,35?,37-,39?,41-,42?,43+,44+,45+,46-,47-/m1/s1. The molecule has 5 unspecified atom stereocenters. The fourth-order valence-electron chi connectivity index (χ4n) is 12.4. The van der Waals surface area contributed by atoms with Gasteiger partial charge in [0.1, 0.15) is 42.9 Å². The Morgan fingerprint density at radius 3 is 2.11 bits per heavy atom. The van der Waals surface area contributed by atoms with E-state index in [0.29, 0.717) is 30.6 Å². The molecule has 1 aliphatic heterocycles. The van der Waals surface area contributed by atoms with Gasteiger partial charge in [-0.2, -0.15) is 0 Å². The van der Waals surface area contributed by atoms with Crippen molar-refractivity contribution >= 4 is 5.97 Å². The molecule has 9 nitrogen and oxygen atoms in total. The molecule has 0 aromatic rings. The number of aliphatic hydroxyl groups excluding tert-OH is 5. The highest BCUT2D eigenvalue weighted by Gasteiger charge is 2.63. The molecule has 3 saturated carbocycles. The molecule has 56 heavy (non-hydrogen) atoms. The number of carbonyl (C=O) groups excluding carboxylic acids is 1. The molecule has 0 radical (unpaired) electrons. The summed E-state index contributed by atoms with van der Waals surface area (Å²) >= 11 is 0. The van der Waals surface area contributed by atoms with E-state index in [-0.39, 0.29) is 47.4 Å². The van der Waals surface area contributed by atoms with E-state index in [4.69, 9.17) is 14.2 Å². The summed E-state index contributed by atoms with van der Waals surface area (Å²) in [4.78, 5) is 12.5. The zero-order valence-corrected chi connectivity index (χ0v) is 36.1. The van der Waals surface area contributed by atoms with E-state index in [0.717, 1.165) is 56.4 Å². The first kappa shape index (κ1) is 45.8. The zero-order valence-electron chi connectivity index (χ0n) is 36.1. The minimum Gasteiger partial charge on any atom is -0.510 e. The normalized spacial score (nSPS) is 38.9. The van der Waals surface area contributed by atoms with E-state index in [1.54, 1.807) is 0 Å². The van der Waals surface area contributed by atoms with Gasteiger partial charge < -0.3 is 39.7 Å². The second kappa shape index (κ2) is 20.8. The van der Waals surface area contributed by atoms with Crippen LogP contribution in [0.1, 0.15) is 183 Å². The van der Waals surface area contributed by atoms with Crippen molar-refractivity contribution in [3.8, 4) is 0 Å². The van der Waals surface area contributed by atoms with Gasteiger partial charge in [0, 0.05) is 6.42 Å². The van der Waals surface area contributed by atoms with E-state index >= 15 is 0 Å². The number of hydrogen-bond donors (Lipinski definition) is 5. The lowest BCUT2D eigenvalue weighted by Crippen LogP contribution is -2.60. The highest BCUT2D eigenvalue weighted by Crippen LogP contribution is 2.68. The summed E-state index contributed by atoms with van der Waals surface area (Å²) in [5, 5.41) is 56.1. The summed E-state index contributed by atoms with van der Waals surface area (Å²) < 4.78 is 17.8. The summed E-state index contributed by atoms with van der Waals surface area (Å²) in [5.41, 5.74) is 0.759. The number of hydrogen-bond acceptors (Lipinski definition) is 9. The molecule has 1 saturated heterocycles. The Labute approximate surface area is 339 Å². The molecule has 0 aromatic heterocycles. The van der Waals surface area contributed by atoms with Crippen molar-refractivity contribution in [3.63, 3.8) is 0 Å². The summed E-state index contributed by atoms with van der Waals surface area (Å²) in [6, 6.07) is 0. The topological polar surface area (TPSA) is 146 Å². The second-order valence-corrected chi connectivity index (χ2v) is 20.0. The maximum atomic E-state index is 12.5. The van der Waals surface area contributed by atoms with Crippen LogP contribution in [0.4, 0.5) is 0 Å². The Hall–Kier alpha value is -1.23. The van der Waals surface area contributed by atoms with Gasteiger partial charge in [-0.25, -0.2) is 0 Å². The SMILES string of the molecule is CCCCCCCCCCCCCC(=O)OC[C@H]1O[C@H](OC2CC[C@@]3(C)C(=C(O)C(O)C4C3CC[C@@]3(C)C4CC[C@@H]3[C@H](C)CCCC(C)C)C2)[C@@H](O)[C@@H](O)[C@@H]1O. The molecular formula is C47H82O9. The lowest BCUT2D eigenvalue weighted by atomic mass is 9.46. The van der Waals surface area contributed by atoms with Gasteiger partial charge in [-0.3, -0.25) is 4.79 Å². The molecule has 1 heterocycles. The largest absolute Gasteiger partial charge is 0.510 e. The van der Waals surface area contributed by atoms with Crippen LogP contribution in [0.25, 0.3) is 0 Å². The molecule has 0 spiro atoms. The van der Waals surface area contributed by atoms with Crippen molar-refractivity contribution < 1.29 is 44.5 Å². The number of ether oxygens (including phenoxy) is 3. The van der Waals surface area contributed by atoms with Crippen molar-refractivity contribution in [1.82, 2.24) is 0 Å². The monoisotopic (exact) mass is 791 g/mol. The van der Waals surface area contributed by atoms with Gasteiger partial charge in [-0.1, -0.05) is 125 Å². The maximum absolute atomic E-state index is 12.5. The first-order chi connectivity index (χ1) is 26.7. The van der Waals surface area contributed by atoms with Gasteiger partial charge >= 0.3 is 5.97 Å². The van der Waals surface area contributed by atoms with Crippen LogP contribution in [0.3, 0.4) is 0 Å². The third-order valence-corrected chi connectivity index (χ3v) is 15.8. The number of unbranched alkanes of at least 4 members (excludes halogenated alkanes) is 10. The Bertz CT molecular complexity index is 1250. The highest BCUT2D eigenvalue weighted by atomic mass is 16.7. The van der Waals surface area contributed by atoms with Crippen LogP contribution in [0.2, 0.25) is 0 Å². The van der Waals surface area contributed by atoms with Crippen LogP contribution >= 0.6 is 0 Å². The number of esters is 1. The van der Waals surface area contributed by atoms with E-state index in [1.165, 1.54) is 77.0 Å². The molecule has 14 atom stereocenters. The highest BCUT2D eigenvalue weighted by molar-refractivity contribution is 5.69. The lowest BCUT2D eigenvalue weighted by molar-refractivity contribution is -0.313. The van der Waals surface area contributed by atoms with Crippen LogP contribution in [0, 0.1) is 46.3 Å². The minimum absolute atomic E-state index is 0.0336. The van der Waals surface area contributed by atoms with Crippen LogP contribution in [0.15, 0.2) is 11.3 Å². The van der Waals surface area contributed by atoms with Crippen molar-refractivity contribution in [2.45, 2.75) is 226 Å². The molecule has 0 aromatic carbocycles. The summed E-state index contributed by atoms with van der Waals surface area (Å²) in [7, 11) is 0. The van der Waals surface area contributed by atoms with Gasteiger partial charge in [0.15, 0.2) is 6.29 Å². The quantitative estimate of drug-likeness (QED) is 0.0567. The fourth-order valence-corrected chi connectivity index (χ4v) is 12.4. The second-order valence-electron chi connectivity index (χ2n) is 20.0. The summed E-state index contributed by atoms with van der Waals surface area (Å²) in [5.74, 6) is 2.46. The Balaban J connectivity index is 1.11. The van der Waals surface area contributed by atoms with Crippen molar-refractivity contribution in [2.24, 2.45) is 46.3 Å². The Kier molecular flexibility index (Phi) is 17.1. The van der Waals surface area contributed by atoms with Crippen molar-refractivity contribution in [2.75, 3.05) is 6.61 Å². The van der Waals surface area contributed by atoms with Crippen molar-refractivity contribution in [1.29, 1.82) is 0 Å². The van der Waals surface area contributed by atoms with Gasteiger partial charge in [-0.05, 0) is 103 Å². The molecule has 5 aliphatic rings. The zero-order chi connectivity index (χ0) is 40.6. The third-order valence-electron chi connectivity index (χ3n) is 15.8. The first-order valence-corrected chi connectivity index (χ1v) is 23.3. The average molecular weight is 791 g/mol. The predicted octanol–water partition coefficient (Wildman–Crippen LogP) is 9.32. The molecule has 4 aliphatic carbocycles. The van der Waals surface area contributed by atoms with Gasteiger partial charge in [0.2, 0.25) is 0 Å². The Morgan fingerprint density at radius 1 is 0.786 bits per heavy atom. The summed E-state index contributed by atoms with van der Waals surface area (Å²) in [6.45, 7) is 13.8. The number of aliphatic hydroxyl groups is 5. The van der Waals surface area contributed by atoms with E-state index in [1.807, 2.05) is 0 Å². The Morgan fingerprint density at radius 2 is 1.45 bits per heavy atom. The van der Waals surface area contributed by atoms with Crippen LogP contribution in [-0.4, -0.2) is 81.0 Å². The van der Waals surface area contributed by atoms with Gasteiger partial charge in [0.05, 0.1) is 6.10 Å². The summed E-state index contributed by atoms with van der Waals surface area (Å²) in [6.07, 6.45) is 15.4. The average Bonchev–Trinajstić information content (AvgIpc) is 3.53. The van der Waals surface area contributed by atoms with Crippen LogP contribution in [-0.2, 0) is 19.0 Å². The molecule has 324 valence electrons. The van der Waals surface area contributed by atoms with E-state index in [2.05, 4.69) is 41.5 Å². The molecular weight excluding hydrogens is 709 g/mol. The van der Waals surface area contributed by atoms with E-state index in [9.17, 15) is 30.3 Å².